The van der Waals surface area contributed by atoms with Crippen LogP contribution < -0.4 is 0 Å². The summed E-state index contributed by atoms with van der Waals surface area (Å²) in [5.74, 6) is -0.615. The first-order chi connectivity index (χ1) is 23.7. The zero-order valence-electron chi connectivity index (χ0n) is 32.4. The second kappa shape index (κ2) is 35.6. The lowest BCUT2D eigenvalue weighted by atomic mass is 10.00. The van der Waals surface area contributed by atoms with E-state index in [2.05, 4.69) is 13.8 Å². The Morgan fingerprint density at radius 1 is 0.347 bits per heavy atom. The Morgan fingerprint density at radius 2 is 0.571 bits per heavy atom. The highest BCUT2D eigenvalue weighted by atomic mass is 16.6. The number of hydrogen-bond donors (Lipinski definition) is 0. The van der Waals surface area contributed by atoms with Gasteiger partial charge in [-0.15, -0.1) is 0 Å². The van der Waals surface area contributed by atoms with Crippen molar-refractivity contribution in [3.05, 3.63) is 0 Å². The summed E-state index contributed by atoms with van der Waals surface area (Å²) in [6.07, 6.45) is 10.9. The molecule has 0 aromatic heterocycles. The molecule has 0 aliphatic carbocycles. The molecule has 0 fully saturated rings. The Labute approximate surface area is 298 Å². The predicted octanol–water partition coefficient (Wildman–Crippen LogP) is 7.50. The first kappa shape index (κ1) is 48.9. The number of rotatable bonds is 31. The molecule has 0 aliphatic rings. The molecule has 290 valence electrons. The average Bonchev–Trinajstić information content (AvgIpc) is 3.10. The highest BCUT2D eigenvalue weighted by Gasteiger charge is 2.19. The number of carbonyl (C=O) groups is 4. The van der Waals surface area contributed by atoms with E-state index in [4.69, 9.17) is 33.2 Å². The van der Waals surface area contributed by atoms with Crippen molar-refractivity contribution in [2.24, 2.45) is 23.7 Å². The molecular weight excluding hydrogens is 632 g/mol. The monoisotopic (exact) mass is 705 g/mol. The minimum absolute atomic E-state index is 0.00463. The lowest BCUT2D eigenvalue weighted by molar-refractivity contribution is -0.152. The molecule has 0 rings (SSSR count). The van der Waals surface area contributed by atoms with E-state index in [0.717, 1.165) is 77.0 Å². The van der Waals surface area contributed by atoms with E-state index in [1.54, 1.807) is 0 Å². The summed E-state index contributed by atoms with van der Waals surface area (Å²) in [4.78, 5) is 47.0. The maximum absolute atomic E-state index is 11.9. The topological polar surface area (TPSA) is 133 Å². The van der Waals surface area contributed by atoms with Crippen molar-refractivity contribution in [1.82, 2.24) is 0 Å². The number of ether oxygens (including phenoxy) is 7. The van der Waals surface area contributed by atoms with Crippen LogP contribution in [0.4, 0.5) is 0 Å². The van der Waals surface area contributed by atoms with Crippen LogP contribution in [0.15, 0.2) is 0 Å². The van der Waals surface area contributed by atoms with Crippen LogP contribution in [0.2, 0.25) is 0 Å². The molecule has 11 nitrogen and oxygen atoms in total. The van der Waals surface area contributed by atoms with Gasteiger partial charge in [0, 0.05) is 0 Å². The van der Waals surface area contributed by atoms with Gasteiger partial charge in [-0.05, 0) is 51.4 Å². The van der Waals surface area contributed by atoms with Crippen molar-refractivity contribution in [2.45, 2.75) is 132 Å². The van der Waals surface area contributed by atoms with Crippen molar-refractivity contribution in [2.75, 3.05) is 66.1 Å². The summed E-state index contributed by atoms with van der Waals surface area (Å²) in [6, 6.07) is 0. The maximum atomic E-state index is 11.9. The van der Waals surface area contributed by atoms with Crippen LogP contribution in [-0.2, 0) is 52.3 Å². The quantitative estimate of drug-likeness (QED) is 0.0404. The van der Waals surface area contributed by atoms with Crippen LogP contribution in [0, 0.1) is 23.7 Å². The van der Waals surface area contributed by atoms with Gasteiger partial charge in [0.25, 0.3) is 0 Å². The zero-order valence-corrected chi connectivity index (χ0v) is 32.4. The molecule has 0 saturated heterocycles. The second-order valence-electron chi connectivity index (χ2n) is 12.0. The number of esters is 4. The standard InChI is InChI=1S/C20H38O5.C18H34O6/c1-5-9-11-17(7-3)19(21)24-15-13-23-14-16-25-20(22)18(8-4)12-10-6-2;1-5-15(6-2)17(19)23-13-11-21-9-10-22-12-14-24-18(20)16(7-3)8-4/h17-18H,5-16H2,1-4H3;15-16H,5-14H2,1-4H3. The molecule has 49 heavy (non-hydrogen) atoms. The van der Waals surface area contributed by atoms with E-state index < -0.39 is 0 Å². The van der Waals surface area contributed by atoms with Gasteiger partial charge in [0.15, 0.2) is 0 Å². The first-order valence-corrected chi connectivity index (χ1v) is 19.1. The van der Waals surface area contributed by atoms with Gasteiger partial charge in [-0.25, -0.2) is 0 Å². The summed E-state index contributed by atoms with van der Waals surface area (Å²) in [5, 5.41) is 0. The minimum Gasteiger partial charge on any atom is -0.463 e. The molecule has 0 aromatic rings. The molecular formula is C38H72O11. The van der Waals surface area contributed by atoms with E-state index in [1.165, 1.54) is 0 Å². The normalized spacial score (nSPS) is 12.2. The highest BCUT2D eigenvalue weighted by Crippen LogP contribution is 2.15. The predicted molar refractivity (Wildman–Crippen MR) is 191 cm³/mol. The van der Waals surface area contributed by atoms with E-state index >= 15 is 0 Å². The zero-order chi connectivity index (χ0) is 37.1. The molecule has 0 radical (unpaired) electrons. The van der Waals surface area contributed by atoms with Gasteiger partial charge < -0.3 is 33.2 Å². The number of carbonyl (C=O) groups excluding carboxylic acids is 4. The third-order valence-corrected chi connectivity index (χ3v) is 8.36. The fourth-order valence-electron chi connectivity index (χ4n) is 4.82. The third-order valence-electron chi connectivity index (χ3n) is 8.36. The largest absolute Gasteiger partial charge is 0.463 e. The van der Waals surface area contributed by atoms with Gasteiger partial charge in [0.05, 0.1) is 63.3 Å². The highest BCUT2D eigenvalue weighted by molar-refractivity contribution is 5.73. The Kier molecular flexibility index (Phi) is 35.5. The molecule has 0 aliphatic heterocycles. The van der Waals surface area contributed by atoms with Crippen LogP contribution >= 0.6 is 0 Å². The lowest BCUT2D eigenvalue weighted by Gasteiger charge is -2.14. The summed E-state index contributed by atoms with van der Waals surface area (Å²) in [6.45, 7) is 19.4. The van der Waals surface area contributed by atoms with Gasteiger partial charge in [0.2, 0.25) is 0 Å². The van der Waals surface area contributed by atoms with Crippen molar-refractivity contribution < 1.29 is 52.3 Å². The molecule has 0 saturated carbocycles. The summed E-state index contributed by atoms with van der Waals surface area (Å²) in [5.41, 5.74) is 0. The number of hydrogen-bond acceptors (Lipinski definition) is 11. The van der Waals surface area contributed by atoms with E-state index in [9.17, 15) is 19.2 Å². The van der Waals surface area contributed by atoms with Crippen molar-refractivity contribution in [3.63, 3.8) is 0 Å². The van der Waals surface area contributed by atoms with Gasteiger partial charge in [-0.2, -0.15) is 0 Å². The van der Waals surface area contributed by atoms with Crippen LogP contribution in [-0.4, -0.2) is 89.9 Å². The van der Waals surface area contributed by atoms with Crippen LogP contribution in [0.1, 0.15) is 132 Å². The van der Waals surface area contributed by atoms with E-state index in [0.29, 0.717) is 39.6 Å². The fraction of sp³-hybridized carbons (Fsp3) is 0.895. The van der Waals surface area contributed by atoms with E-state index in [1.807, 2.05) is 41.5 Å². The Balaban J connectivity index is 0. The van der Waals surface area contributed by atoms with Gasteiger partial charge in [0.1, 0.15) is 26.4 Å². The first-order valence-electron chi connectivity index (χ1n) is 19.1. The van der Waals surface area contributed by atoms with Gasteiger partial charge in [-0.1, -0.05) is 81.1 Å². The molecule has 0 spiro atoms. The van der Waals surface area contributed by atoms with Crippen molar-refractivity contribution in [3.8, 4) is 0 Å². The minimum atomic E-state index is -0.154. The van der Waals surface area contributed by atoms with Gasteiger partial charge in [-0.3, -0.25) is 19.2 Å². The molecule has 0 amide bonds. The molecule has 2 atom stereocenters. The summed E-state index contributed by atoms with van der Waals surface area (Å²) in [7, 11) is 0. The molecule has 2 unspecified atom stereocenters. The molecule has 11 heteroatoms. The Bertz CT molecular complexity index is 733. The fourth-order valence-corrected chi connectivity index (χ4v) is 4.82. The summed E-state index contributed by atoms with van der Waals surface area (Å²) >= 11 is 0. The Hall–Kier alpha value is -2.24. The molecule has 0 N–H and O–H groups in total. The van der Waals surface area contributed by atoms with Crippen molar-refractivity contribution >= 4 is 23.9 Å². The summed E-state index contributed by atoms with van der Waals surface area (Å²) < 4.78 is 36.8. The lowest BCUT2D eigenvalue weighted by Crippen LogP contribution is -2.21. The molecule has 0 aromatic carbocycles. The SMILES string of the molecule is CCC(CC)C(=O)OCCOCCOCCOC(=O)C(CC)CC.CCCCC(CC)C(=O)OCCOCCOC(=O)C(CC)CCCC. The maximum Gasteiger partial charge on any atom is 0.308 e. The van der Waals surface area contributed by atoms with Crippen LogP contribution in [0.3, 0.4) is 0 Å². The second-order valence-corrected chi connectivity index (χ2v) is 12.0. The third kappa shape index (κ3) is 27.2. The molecule has 0 heterocycles. The Morgan fingerprint density at radius 3 is 0.796 bits per heavy atom. The average molecular weight is 705 g/mol. The van der Waals surface area contributed by atoms with E-state index in [-0.39, 0.29) is 74.0 Å². The number of unbranched alkanes of at least 4 members (excludes halogenated alkanes) is 2. The molecule has 0 bridgehead atoms. The van der Waals surface area contributed by atoms with Gasteiger partial charge >= 0.3 is 23.9 Å². The van der Waals surface area contributed by atoms with Crippen LogP contribution in [0.25, 0.3) is 0 Å². The van der Waals surface area contributed by atoms with Crippen molar-refractivity contribution in [1.29, 1.82) is 0 Å². The van der Waals surface area contributed by atoms with Crippen LogP contribution in [0.5, 0.6) is 0 Å². The smallest absolute Gasteiger partial charge is 0.308 e.